The second-order valence-corrected chi connectivity index (χ2v) is 3.36. The molecule has 0 bridgehead atoms. The smallest absolute Gasteiger partial charge is 0.356 e. The lowest BCUT2D eigenvalue weighted by Crippen LogP contribution is -2.12. The number of carbonyl (C=O) groups excluding carboxylic acids is 3. The zero-order valence-electron chi connectivity index (χ0n) is 9.73. The summed E-state index contributed by atoms with van der Waals surface area (Å²) in [6, 6.07) is 2.75. The van der Waals surface area contributed by atoms with Crippen LogP contribution < -0.4 is 5.32 Å². The molecule has 0 saturated carbocycles. The number of hydrogen-bond donors (Lipinski definition) is 1. The quantitative estimate of drug-likeness (QED) is 0.625. The van der Waals surface area contributed by atoms with Gasteiger partial charge in [-0.1, -0.05) is 0 Å². The van der Waals surface area contributed by atoms with E-state index in [4.69, 9.17) is 0 Å². The molecule has 90 valence electrons. The van der Waals surface area contributed by atoms with Gasteiger partial charge in [0.1, 0.15) is 5.69 Å². The molecule has 1 heterocycles. The summed E-state index contributed by atoms with van der Waals surface area (Å²) in [7, 11) is 1.21. The Balaban J connectivity index is 3.23. The molecule has 1 aromatic heterocycles. The molecule has 1 amide bonds. The summed E-state index contributed by atoms with van der Waals surface area (Å²) in [6.07, 6.45) is 0. The number of aromatic nitrogens is 1. The highest BCUT2D eigenvalue weighted by Gasteiger charge is 2.13. The Kier molecular flexibility index (Phi) is 3.92. The largest absolute Gasteiger partial charge is 0.464 e. The average Bonchev–Trinajstić information content (AvgIpc) is 2.26. The Morgan fingerprint density at radius 2 is 1.76 bits per heavy atom. The standard InChI is InChI=1S/C11H12N2O4/c1-6(14)9-4-8(12-7(2)15)5-10(13-9)11(16)17-3/h4-5H,1-3H3,(H,12,13,15). The molecule has 0 atom stereocenters. The monoisotopic (exact) mass is 236 g/mol. The van der Waals surface area contributed by atoms with Crippen LogP contribution in [-0.4, -0.2) is 29.8 Å². The van der Waals surface area contributed by atoms with Gasteiger partial charge in [-0.15, -0.1) is 0 Å². The van der Waals surface area contributed by atoms with E-state index < -0.39 is 5.97 Å². The minimum absolute atomic E-state index is 0.0241. The minimum atomic E-state index is -0.667. The predicted octanol–water partition coefficient (Wildman–Crippen LogP) is 1.03. The topological polar surface area (TPSA) is 85.4 Å². The van der Waals surface area contributed by atoms with Gasteiger partial charge < -0.3 is 10.1 Å². The molecule has 1 aromatic rings. The number of anilines is 1. The first-order chi connectivity index (χ1) is 7.93. The Bertz CT molecular complexity index is 482. The molecule has 0 aliphatic heterocycles. The normalized spacial score (nSPS) is 9.59. The average molecular weight is 236 g/mol. The van der Waals surface area contributed by atoms with Crippen LogP contribution in [0.25, 0.3) is 0 Å². The van der Waals surface area contributed by atoms with Crippen LogP contribution in [0.5, 0.6) is 0 Å². The second-order valence-electron chi connectivity index (χ2n) is 3.36. The van der Waals surface area contributed by atoms with Crippen molar-refractivity contribution in [2.24, 2.45) is 0 Å². The Morgan fingerprint density at radius 1 is 1.18 bits per heavy atom. The van der Waals surface area contributed by atoms with E-state index in [0.717, 1.165) is 0 Å². The van der Waals surface area contributed by atoms with Gasteiger partial charge in [0.25, 0.3) is 0 Å². The lowest BCUT2D eigenvalue weighted by molar-refractivity contribution is -0.114. The molecule has 1 N–H and O–H groups in total. The first-order valence-corrected chi connectivity index (χ1v) is 4.83. The fourth-order valence-corrected chi connectivity index (χ4v) is 1.20. The van der Waals surface area contributed by atoms with Gasteiger partial charge in [0.2, 0.25) is 5.91 Å². The fourth-order valence-electron chi connectivity index (χ4n) is 1.20. The van der Waals surface area contributed by atoms with Crippen molar-refractivity contribution in [1.29, 1.82) is 0 Å². The number of carbonyl (C=O) groups is 3. The van der Waals surface area contributed by atoms with E-state index >= 15 is 0 Å². The van der Waals surface area contributed by atoms with Crippen LogP contribution >= 0.6 is 0 Å². The molecule has 1 rings (SSSR count). The lowest BCUT2D eigenvalue weighted by Gasteiger charge is -2.06. The van der Waals surface area contributed by atoms with E-state index in [0.29, 0.717) is 5.69 Å². The van der Waals surface area contributed by atoms with Crippen molar-refractivity contribution < 1.29 is 19.1 Å². The summed E-state index contributed by atoms with van der Waals surface area (Å²) in [6.45, 7) is 2.65. The number of esters is 1. The van der Waals surface area contributed by atoms with E-state index in [2.05, 4.69) is 15.0 Å². The van der Waals surface area contributed by atoms with Crippen molar-refractivity contribution in [3.05, 3.63) is 23.5 Å². The number of ether oxygens (including phenoxy) is 1. The molecule has 0 radical (unpaired) electrons. The zero-order valence-corrected chi connectivity index (χ0v) is 9.73. The maximum Gasteiger partial charge on any atom is 0.356 e. The molecule has 0 saturated heterocycles. The minimum Gasteiger partial charge on any atom is -0.464 e. The molecule has 17 heavy (non-hydrogen) atoms. The third-order valence-corrected chi connectivity index (χ3v) is 1.90. The van der Waals surface area contributed by atoms with Gasteiger partial charge in [-0.25, -0.2) is 9.78 Å². The van der Waals surface area contributed by atoms with Crippen molar-refractivity contribution in [3.8, 4) is 0 Å². The number of hydrogen-bond acceptors (Lipinski definition) is 5. The van der Waals surface area contributed by atoms with Crippen molar-refractivity contribution in [2.45, 2.75) is 13.8 Å². The third kappa shape index (κ3) is 3.37. The third-order valence-electron chi connectivity index (χ3n) is 1.90. The summed E-state index contributed by atoms with van der Waals surface area (Å²) in [5.41, 5.74) is 0.402. The van der Waals surface area contributed by atoms with Gasteiger partial charge in [0, 0.05) is 19.5 Å². The molecule has 0 aromatic carbocycles. The summed E-state index contributed by atoms with van der Waals surface area (Å²) in [5, 5.41) is 2.48. The highest BCUT2D eigenvalue weighted by atomic mass is 16.5. The molecule has 0 fully saturated rings. The van der Waals surface area contributed by atoms with E-state index in [1.54, 1.807) is 0 Å². The van der Waals surface area contributed by atoms with E-state index in [1.807, 2.05) is 0 Å². The number of methoxy groups -OCH3 is 1. The maximum absolute atomic E-state index is 11.3. The molecule has 0 aliphatic carbocycles. The number of Topliss-reactive ketones (excluding diaryl/α,β-unsaturated/α-hetero) is 1. The molecule has 6 nitrogen and oxygen atoms in total. The predicted molar refractivity (Wildman–Crippen MR) is 59.9 cm³/mol. The molecular formula is C11H12N2O4. The first-order valence-electron chi connectivity index (χ1n) is 4.83. The van der Waals surface area contributed by atoms with Crippen LogP contribution in [0.2, 0.25) is 0 Å². The van der Waals surface area contributed by atoms with Gasteiger partial charge in [0.15, 0.2) is 11.5 Å². The van der Waals surface area contributed by atoms with E-state index in [1.165, 1.54) is 33.1 Å². The van der Waals surface area contributed by atoms with Crippen molar-refractivity contribution in [1.82, 2.24) is 4.98 Å². The van der Waals surface area contributed by atoms with Crippen LogP contribution in [0.1, 0.15) is 34.8 Å². The zero-order chi connectivity index (χ0) is 13.0. The fraction of sp³-hybridized carbons (Fsp3) is 0.273. The lowest BCUT2D eigenvalue weighted by atomic mass is 10.2. The molecule has 6 heteroatoms. The van der Waals surface area contributed by atoms with Crippen LogP contribution in [0, 0.1) is 0 Å². The van der Waals surface area contributed by atoms with E-state index in [9.17, 15) is 14.4 Å². The summed E-state index contributed by atoms with van der Waals surface area (Å²) >= 11 is 0. The van der Waals surface area contributed by atoms with Gasteiger partial charge in [-0.05, 0) is 12.1 Å². The van der Waals surface area contributed by atoms with Crippen molar-refractivity contribution >= 4 is 23.3 Å². The number of rotatable bonds is 3. The van der Waals surface area contributed by atoms with Crippen molar-refractivity contribution in [3.63, 3.8) is 0 Å². The number of nitrogens with zero attached hydrogens (tertiary/aromatic N) is 1. The Morgan fingerprint density at radius 3 is 2.24 bits per heavy atom. The first kappa shape index (κ1) is 12.8. The van der Waals surface area contributed by atoms with Crippen LogP contribution in [0.3, 0.4) is 0 Å². The summed E-state index contributed by atoms with van der Waals surface area (Å²) in [5.74, 6) is -1.27. The molecule has 0 unspecified atom stereocenters. The van der Waals surface area contributed by atoms with E-state index in [-0.39, 0.29) is 23.1 Å². The van der Waals surface area contributed by atoms with Crippen LogP contribution in [0.15, 0.2) is 12.1 Å². The number of pyridine rings is 1. The van der Waals surface area contributed by atoms with Crippen LogP contribution in [0.4, 0.5) is 5.69 Å². The second kappa shape index (κ2) is 5.20. The number of amides is 1. The molecular weight excluding hydrogens is 224 g/mol. The van der Waals surface area contributed by atoms with Crippen molar-refractivity contribution in [2.75, 3.05) is 12.4 Å². The van der Waals surface area contributed by atoms with Gasteiger partial charge in [-0.2, -0.15) is 0 Å². The molecule has 0 aliphatic rings. The maximum atomic E-state index is 11.3. The molecule has 0 spiro atoms. The summed E-state index contributed by atoms with van der Waals surface area (Å²) < 4.78 is 4.51. The number of nitrogens with one attached hydrogen (secondary N) is 1. The van der Waals surface area contributed by atoms with Gasteiger partial charge in [0.05, 0.1) is 7.11 Å². The van der Waals surface area contributed by atoms with Gasteiger partial charge in [-0.3, -0.25) is 9.59 Å². The highest BCUT2D eigenvalue weighted by molar-refractivity contribution is 5.98. The Labute approximate surface area is 98.0 Å². The number of ketones is 1. The highest BCUT2D eigenvalue weighted by Crippen LogP contribution is 2.13. The van der Waals surface area contributed by atoms with Crippen LogP contribution in [-0.2, 0) is 9.53 Å². The summed E-state index contributed by atoms with van der Waals surface area (Å²) in [4.78, 5) is 37.3. The van der Waals surface area contributed by atoms with Gasteiger partial charge >= 0.3 is 5.97 Å². The Hall–Kier alpha value is -2.24. The SMILES string of the molecule is COC(=O)c1cc(NC(C)=O)cc(C(C)=O)n1.